The van der Waals surface area contributed by atoms with Crippen molar-refractivity contribution in [1.29, 1.82) is 0 Å². The number of benzene rings is 3. The molecular weight excluding hydrogens is 414 g/mol. The smallest absolute Gasteiger partial charge is 0.329 e. The highest BCUT2D eigenvalue weighted by molar-refractivity contribution is 6.35. The van der Waals surface area contributed by atoms with Crippen LogP contribution in [-0.2, 0) is 16.2 Å². The lowest BCUT2D eigenvalue weighted by Gasteiger charge is -2.13. The topological polar surface area (TPSA) is 79.8 Å². The molecule has 0 radical (unpaired) electrons. The van der Waals surface area contributed by atoms with Gasteiger partial charge in [-0.3, -0.25) is 9.59 Å². The lowest BCUT2D eigenvalue weighted by atomic mass is 10.1. The third-order valence-corrected chi connectivity index (χ3v) is 4.85. The first kappa shape index (κ1) is 22.1. The van der Waals surface area contributed by atoms with Gasteiger partial charge < -0.3 is 10.1 Å². The van der Waals surface area contributed by atoms with E-state index in [0.29, 0.717) is 16.3 Å². The molecule has 0 saturated carbocycles. The Hall–Kier alpha value is -3.64. The average molecular weight is 436 g/mol. The van der Waals surface area contributed by atoms with E-state index in [4.69, 9.17) is 16.3 Å². The number of hydrogen-bond acceptors (Lipinski definition) is 4. The van der Waals surface area contributed by atoms with Gasteiger partial charge in [0.15, 0.2) is 0 Å². The largest absolute Gasteiger partial charge is 0.488 e. The molecule has 0 heterocycles. The monoisotopic (exact) mass is 435 g/mol. The zero-order valence-electron chi connectivity index (χ0n) is 16.9. The van der Waals surface area contributed by atoms with E-state index in [0.717, 1.165) is 11.1 Å². The van der Waals surface area contributed by atoms with E-state index in [1.54, 1.807) is 25.1 Å². The first-order valence-electron chi connectivity index (χ1n) is 9.68. The first-order chi connectivity index (χ1) is 15.0. The van der Waals surface area contributed by atoms with Crippen molar-refractivity contribution < 1.29 is 14.3 Å². The summed E-state index contributed by atoms with van der Waals surface area (Å²) >= 11 is 6.16. The molecule has 7 heteroatoms. The van der Waals surface area contributed by atoms with Crippen LogP contribution in [0.3, 0.4) is 0 Å². The predicted octanol–water partition coefficient (Wildman–Crippen LogP) is 4.25. The number of carbonyl (C=O) groups is 2. The number of amides is 2. The van der Waals surface area contributed by atoms with Crippen LogP contribution in [0.25, 0.3) is 0 Å². The summed E-state index contributed by atoms with van der Waals surface area (Å²) in [4.78, 5) is 24.1. The molecule has 3 rings (SSSR count). The maximum absolute atomic E-state index is 12.1. The van der Waals surface area contributed by atoms with Crippen molar-refractivity contribution in [2.24, 2.45) is 5.10 Å². The number of carbonyl (C=O) groups excluding carboxylic acids is 2. The maximum atomic E-state index is 12.1. The highest BCUT2D eigenvalue weighted by atomic mass is 35.5. The Bertz CT molecular complexity index is 1070. The molecule has 2 amide bonds. The summed E-state index contributed by atoms with van der Waals surface area (Å²) in [5.41, 5.74) is 4.64. The van der Waals surface area contributed by atoms with Gasteiger partial charge in [-0.15, -0.1) is 0 Å². The number of halogens is 1. The molecule has 0 aliphatic heterocycles. The fourth-order valence-corrected chi connectivity index (χ4v) is 2.98. The molecule has 2 N–H and O–H groups in total. The molecular formula is C24H22ClN3O3. The van der Waals surface area contributed by atoms with Crippen molar-refractivity contribution in [2.75, 3.05) is 0 Å². The molecule has 3 aromatic carbocycles. The van der Waals surface area contributed by atoms with Crippen molar-refractivity contribution >= 4 is 29.6 Å². The minimum atomic E-state index is -0.853. The molecule has 3 aromatic rings. The number of rotatable bonds is 7. The highest BCUT2D eigenvalue weighted by Crippen LogP contribution is 2.21. The quantitative estimate of drug-likeness (QED) is 0.331. The molecule has 0 bridgehead atoms. The zero-order chi connectivity index (χ0) is 22.1. The van der Waals surface area contributed by atoms with E-state index < -0.39 is 11.8 Å². The van der Waals surface area contributed by atoms with Crippen LogP contribution in [0.1, 0.15) is 29.7 Å². The van der Waals surface area contributed by atoms with Crippen LogP contribution in [0.4, 0.5) is 0 Å². The predicted molar refractivity (Wildman–Crippen MR) is 121 cm³/mol. The van der Waals surface area contributed by atoms with E-state index in [1.807, 2.05) is 60.7 Å². The molecule has 0 aliphatic rings. The summed E-state index contributed by atoms with van der Waals surface area (Å²) in [6, 6.07) is 23.7. The minimum absolute atomic E-state index is 0.288. The van der Waals surface area contributed by atoms with Crippen molar-refractivity contribution in [1.82, 2.24) is 10.7 Å². The number of para-hydroxylation sites is 1. The zero-order valence-corrected chi connectivity index (χ0v) is 17.7. The first-order valence-corrected chi connectivity index (χ1v) is 10.1. The van der Waals surface area contributed by atoms with E-state index in [1.165, 1.54) is 6.21 Å². The van der Waals surface area contributed by atoms with Crippen molar-refractivity contribution in [2.45, 2.75) is 19.6 Å². The normalized spacial score (nSPS) is 11.7. The number of nitrogens with one attached hydrogen (secondary N) is 2. The van der Waals surface area contributed by atoms with Crippen LogP contribution in [0.2, 0.25) is 5.02 Å². The number of nitrogens with zero attached hydrogens (tertiary/aromatic N) is 1. The Labute approximate surface area is 185 Å². The third-order valence-electron chi connectivity index (χ3n) is 4.48. The van der Waals surface area contributed by atoms with Crippen molar-refractivity contribution in [3.63, 3.8) is 0 Å². The lowest BCUT2D eigenvalue weighted by Crippen LogP contribution is -2.39. The van der Waals surface area contributed by atoms with Gasteiger partial charge in [-0.1, -0.05) is 72.3 Å². The lowest BCUT2D eigenvalue weighted by molar-refractivity contribution is -0.139. The van der Waals surface area contributed by atoms with Gasteiger partial charge in [0.2, 0.25) is 0 Å². The summed E-state index contributed by atoms with van der Waals surface area (Å²) in [7, 11) is 0. The molecule has 1 unspecified atom stereocenters. The number of hydrogen-bond donors (Lipinski definition) is 2. The summed E-state index contributed by atoms with van der Waals surface area (Å²) in [6.07, 6.45) is 1.42. The van der Waals surface area contributed by atoms with Gasteiger partial charge in [-0.2, -0.15) is 5.10 Å². The standard InChI is InChI=1S/C24H22ClN3O3/c1-17(18-9-3-2-4-10-18)27-23(29)24(30)28-26-15-19-11-6-8-14-22(19)31-16-20-12-5-7-13-21(20)25/h2-15,17H,16H2,1H3,(H,27,29)(H,28,30)/b26-15+. The van der Waals surface area contributed by atoms with Gasteiger partial charge in [0.25, 0.3) is 0 Å². The Morgan fingerprint density at radius 1 is 0.968 bits per heavy atom. The second kappa shape index (κ2) is 10.9. The second-order valence-corrected chi connectivity index (χ2v) is 7.13. The van der Waals surface area contributed by atoms with Gasteiger partial charge in [0.05, 0.1) is 12.3 Å². The van der Waals surface area contributed by atoms with Crippen LogP contribution in [0.5, 0.6) is 5.75 Å². The van der Waals surface area contributed by atoms with Gasteiger partial charge in [-0.05, 0) is 30.7 Å². The van der Waals surface area contributed by atoms with E-state index in [-0.39, 0.29) is 12.6 Å². The summed E-state index contributed by atoms with van der Waals surface area (Å²) < 4.78 is 5.84. The fourth-order valence-electron chi connectivity index (χ4n) is 2.79. The SMILES string of the molecule is CC(NC(=O)C(=O)N/N=C/c1ccccc1OCc1ccccc1Cl)c1ccccc1. The molecule has 0 fully saturated rings. The van der Waals surface area contributed by atoms with Crippen LogP contribution in [0.15, 0.2) is 84.0 Å². The van der Waals surface area contributed by atoms with Crippen LogP contribution >= 0.6 is 11.6 Å². The number of ether oxygens (including phenoxy) is 1. The van der Waals surface area contributed by atoms with Gasteiger partial charge >= 0.3 is 11.8 Å². The molecule has 1 atom stereocenters. The van der Waals surface area contributed by atoms with Crippen molar-refractivity contribution in [3.05, 3.63) is 101 Å². The number of hydrazone groups is 1. The Morgan fingerprint density at radius 3 is 2.42 bits per heavy atom. The maximum Gasteiger partial charge on any atom is 0.329 e. The van der Waals surface area contributed by atoms with Crippen molar-refractivity contribution in [3.8, 4) is 5.75 Å². The second-order valence-electron chi connectivity index (χ2n) is 6.72. The molecule has 158 valence electrons. The summed E-state index contributed by atoms with van der Waals surface area (Å²) in [6.45, 7) is 2.09. The van der Waals surface area contributed by atoms with Crippen LogP contribution in [-0.4, -0.2) is 18.0 Å². The Morgan fingerprint density at radius 2 is 1.65 bits per heavy atom. The molecule has 0 aromatic heterocycles. The Balaban J connectivity index is 1.56. The fraction of sp³-hybridized carbons (Fsp3) is 0.125. The van der Waals surface area contributed by atoms with E-state index >= 15 is 0 Å². The van der Waals surface area contributed by atoms with Gasteiger partial charge in [0.1, 0.15) is 12.4 Å². The molecule has 31 heavy (non-hydrogen) atoms. The molecule has 0 saturated heterocycles. The van der Waals surface area contributed by atoms with Crippen LogP contribution < -0.4 is 15.5 Å². The average Bonchev–Trinajstić information content (AvgIpc) is 2.79. The Kier molecular flexibility index (Phi) is 7.79. The van der Waals surface area contributed by atoms with Crippen LogP contribution in [0, 0.1) is 0 Å². The summed E-state index contributed by atoms with van der Waals surface area (Å²) in [5.74, 6) is -1.05. The molecule has 0 aliphatic carbocycles. The molecule has 6 nitrogen and oxygen atoms in total. The minimum Gasteiger partial charge on any atom is -0.488 e. The molecule has 0 spiro atoms. The summed E-state index contributed by atoms with van der Waals surface area (Å²) in [5, 5.41) is 7.14. The highest BCUT2D eigenvalue weighted by Gasteiger charge is 2.16. The van der Waals surface area contributed by atoms with E-state index in [9.17, 15) is 9.59 Å². The van der Waals surface area contributed by atoms with Gasteiger partial charge in [-0.25, -0.2) is 5.43 Å². The van der Waals surface area contributed by atoms with E-state index in [2.05, 4.69) is 15.8 Å². The van der Waals surface area contributed by atoms with Gasteiger partial charge in [0, 0.05) is 16.1 Å². The third kappa shape index (κ3) is 6.42.